The van der Waals surface area contributed by atoms with E-state index in [1.165, 1.54) is 4.90 Å². The zero-order valence-electron chi connectivity index (χ0n) is 16.2. The smallest absolute Gasteiger partial charge is 0.270 e. The highest BCUT2D eigenvalue weighted by molar-refractivity contribution is 6.05. The van der Waals surface area contributed by atoms with Crippen LogP contribution in [0.1, 0.15) is 56.1 Å². The van der Waals surface area contributed by atoms with Crippen molar-refractivity contribution in [2.45, 2.75) is 40.0 Å². The van der Waals surface area contributed by atoms with E-state index in [9.17, 15) is 14.4 Å². The lowest BCUT2D eigenvalue weighted by Crippen LogP contribution is -2.35. The van der Waals surface area contributed by atoms with Gasteiger partial charge in [0.25, 0.3) is 5.91 Å². The number of hydrogen-bond acceptors (Lipinski definition) is 3. The van der Waals surface area contributed by atoms with E-state index in [2.05, 4.69) is 10.3 Å². The number of likely N-dealkylation sites (N-methyl/N-ethyl adjacent to an activating group) is 1. The van der Waals surface area contributed by atoms with Crippen molar-refractivity contribution in [1.82, 2.24) is 9.88 Å². The van der Waals surface area contributed by atoms with Crippen LogP contribution in [0.5, 0.6) is 0 Å². The number of aryl methyl sites for hydroxylation is 3. The molecule has 27 heavy (non-hydrogen) atoms. The Bertz CT molecular complexity index is 907. The molecule has 2 aromatic rings. The van der Waals surface area contributed by atoms with E-state index in [-0.39, 0.29) is 24.1 Å². The summed E-state index contributed by atoms with van der Waals surface area (Å²) in [7, 11) is 1.59. The summed E-state index contributed by atoms with van der Waals surface area (Å²) in [4.78, 5) is 41.9. The van der Waals surface area contributed by atoms with Crippen LogP contribution in [-0.2, 0) is 11.2 Å². The van der Waals surface area contributed by atoms with Crippen LogP contribution in [0.2, 0.25) is 0 Å². The topological polar surface area (TPSA) is 82.3 Å². The van der Waals surface area contributed by atoms with Gasteiger partial charge in [-0.05, 0) is 50.3 Å². The van der Waals surface area contributed by atoms with Gasteiger partial charge in [-0.1, -0.05) is 18.2 Å². The number of anilines is 1. The second-order valence-corrected chi connectivity index (χ2v) is 7.23. The van der Waals surface area contributed by atoms with E-state index in [1.54, 1.807) is 14.0 Å². The number of Topliss-reactive ketones (excluding diaryl/α,β-unsaturated/α-hetero) is 1. The molecule has 6 nitrogen and oxygen atoms in total. The number of fused-ring (bicyclic) bond motifs is 1. The van der Waals surface area contributed by atoms with Gasteiger partial charge < -0.3 is 15.2 Å². The average molecular weight is 367 g/mol. The SMILES string of the molecule is Cc1cccc(C)c1NC(=O)CN(C)C(=O)c1[nH]c2c(c1C)C(=O)CCC2. The number of hydrogen-bond donors (Lipinski definition) is 2. The Labute approximate surface area is 159 Å². The van der Waals surface area contributed by atoms with Crippen molar-refractivity contribution < 1.29 is 14.4 Å². The maximum atomic E-state index is 12.8. The van der Waals surface area contributed by atoms with Crippen molar-refractivity contribution in [2.75, 3.05) is 18.9 Å². The van der Waals surface area contributed by atoms with Gasteiger partial charge in [0.1, 0.15) is 5.69 Å². The summed E-state index contributed by atoms with van der Waals surface area (Å²) in [6.45, 7) is 5.59. The largest absolute Gasteiger partial charge is 0.354 e. The van der Waals surface area contributed by atoms with Crippen LogP contribution in [0, 0.1) is 20.8 Å². The zero-order chi connectivity index (χ0) is 19.7. The Balaban J connectivity index is 1.73. The van der Waals surface area contributed by atoms with Gasteiger partial charge in [-0.25, -0.2) is 0 Å². The number of carbonyl (C=O) groups excluding carboxylic acids is 3. The standard InChI is InChI=1S/C21H25N3O3/c1-12-7-5-8-13(2)19(12)23-17(26)11-24(4)21(27)20-14(3)18-15(22-20)9-6-10-16(18)25/h5,7-8,22H,6,9-11H2,1-4H3,(H,23,26). The molecule has 0 fully saturated rings. The molecular formula is C21H25N3O3. The molecule has 1 aromatic carbocycles. The second-order valence-electron chi connectivity index (χ2n) is 7.23. The van der Waals surface area contributed by atoms with Crippen LogP contribution >= 0.6 is 0 Å². The van der Waals surface area contributed by atoms with Gasteiger partial charge in [0, 0.05) is 30.4 Å². The minimum Gasteiger partial charge on any atom is -0.354 e. The molecule has 6 heteroatoms. The number of benzene rings is 1. The van der Waals surface area contributed by atoms with Crippen LogP contribution in [0.4, 0.5) is 5.69 Å². The van der Waals surface area contributed by atoms with Crippen molar-refractivity contribution >= 4 is 23.3 Å². The maximum absolute atomic E-state index is 12.8. The van der Waals surface area contributed by atoms with Gasteiger partial charge in [-0.3, -0.25) is 14.4 Å². The molecule has 0 saturated heterocycles. The Hall–Kier alpha value is -2.89. The molecule has 142 valence electrons. The van der Waals surface area contributed by atoms with E-state index in [0.29, 0.717) is 23.2 Å². The van der Waals surface area contributed by atoms with Crippen molar-refractivity contribution in [2.24, 2.45) is 0 Å². The number of rotatable bonds is 4. The summed E-state index contributed by atoms with van der Waals surface area (Å²) < 4.78 is 0. The van der Waals surface area contributed by atoms with Crippen LogP contribution in [0.25, 0.3) is 0 Å². The van der Waals surface area contributed by atoms with E-state index in [0.717, 1.165) is 35.3 Å². The van der Waals surface area contributed by atoms with Gasteiger partial charge >= 0.3 is 0 Å². The van der Waals surface area contributed by atoms with Gasteiger partial charge in [-0.15, -0.1) is 0 Å². The van der Waals surface area contributed by atoms with Gasteiger partial charge in [0.05, 0.1) is 6.54 Å². The van der Waals surface area contributed by atoms with E-state index in [4.69, 9.17) is 0 Å². The molecule has 2 N–H and O–H groups in total. The molecule has 1 heterocycles. The maximum Gasteiger partial charge on any atom is 0.270 e. The molecule has 0 aliphatic heterocycles. The molecular weight excluding hydrogens is 342 g/mol. The van der Waals surface area contributed by atoms with Crippen molar-refractivity contribution in [1.29, 1.82) is 0 Å². The molecule has 0 bridgehead atoms. The molecule has 0 radical (unpaired) electrons. The fourth-order valence-corrected chi connectivity index (χ4v) is 3.66. The Morgan fingerprint density at radius 2 is 1.81 bits per heavy atom. The predicted molar refractivity (Wildman–Crippen MR) is 104 cm³/mol. The number of ketones is 1. The number of aromatic nitrogens is 1. The summed E-state index contributed by atoms with van der Waals surface area (Å²) >= 11 is 0. The lowest BCUT2D eigenvalue weighted by atomic mass is 9.94. The number of nitrogens with zero attached hydrogens (tertiary/aromatic N) is 1. The highest BCUT2D eigenvalue weighted by Gasteiger charge is 2.28. The summed E-state index contributed by atoms with van der Waals surface area (Å²) in [6, 6.07) is 5.80. The van der Waals surface area contributed by atoms with Crippen LogP contribution < -0.4 is 5.32 Å². The monoisotopic (exact) mass is 367 g/mol. The van der Waals surface area contributed by atoms with Crippen molar-refractivity contribution in [3.05, 3.63) is 51.8 Å². The average Bonchev–Trinajstić information content (AvgIpc) is 2.95. The number of carbonyl (C=O) groups is 3. The Kier molecular flexibility index (Phi) is 5.17. The highest BCUT2D eigenvalue weighted by atomic mass is 16.2. The van der Waals surface area contributed by atoms with Crippen molar-refractivity contribution in [3.63, 3.8) is 0 Å². The van der Waals surface area contributed by atoms with E-state index in [1.807, 2.05) is 32.0 Å². The minimum atomic E-state index is -0.286. The molecule has 2 amide bonds. The first-order valence-electron chi connectivity index (χ1n) is 9.15. The van der Waals surface area contributed by atoms with Gasteiger partial charge in [0.2, 0.25) is 5.91 Å². The predicted octanol–water partition coefficient (Wildman–Crippen LogP) is 3.17. The summed E-state index contributed by atoms with van der Waals surface area (Å²) in [6.07, 6.45) is 2.09. The molecule has 1 aromatic heterocycles. The fraction of sp³-hybridized carbons (Fsp3) is 0.381. The second kappa shape index (κ2) is 7.39. The Morgan fingerprint density at radius 1 is 1.15 bits per heavy atom. The molecule has 1 aliphatic carbocycles. The van der Waals surface area contributed by atoms with E-state index >= 15 is 0 Å². The normalized spacial score (nSPS) is 13.3. The van der Waals surface area contributed by atoms with Crippen LogP contribution in [-0.4, -0.2) is 41.1 Å². The van der Waals surface area contributed by atoms with E-state index < -0.39 is 0 Å². The fourth-order valence-electron chi connectivity index (χ4n) is 3.66. The third-order valence-electron chi connectivity index (χ3n) is 5.12. The molecule has 3 rings (SSSR count). The summed E-state index contributed by atoms with van der Waals surface area (Å²) in [5.41, 5.74) is 5.30. The van der Waals surface area contributed by atoms with Crippen molar-refractivity contribution in [3.8, 4) is 0 Å². The molecule has 1 aliphatic rings. The quantitative estimate of drug-likeness (QED) is 0.871. The first-order valence-corrected chi connectivity index (χ1v) is 9.15. The Morgan fingerprint density at radius 3 is 2.44 bits per heavy atom. The molecule has 0 unspecified atom stereocenters. The third kappa shape index (κ3) is 3.65. The number of nitrogens with one attached hydrogen (secondary N) is 2. The number of para-hydroxylation sites is 1. The highest BCUT2D eigenvalue weighted by Crippen LogP contribution is 2.27. The third-order valence-corrected chi connectivity index (χ3v) is 5.12. The molecule has 0 saturated carbocycles. The zero-order valence-corrected chi connectivity index (χ0v) is 16.2. The first kappa shape index (κ1) is 18.9. The van der Waals surface area contributed by atoms with Crippen LogP contribution in [0.3, 0.4) is 0 Å². The van der Waals surface area contributed by atoms with Gasteiger partial charge in [-0.2, -0.15) is 0 Å². The number of aromatic amines is 1. The molecule has 0 atom stereocenters. The van der Waals surface area contributed by atoms with Crippen LogP contribution in [0.15, 0.2) is 18.2 Å². The minimum absolute atomic E-state index is 0.0658. The number of H-pyrrole nitrogens is 1. The first-order chi connectivity index (χ1) is 12.8. The van der Waals surface area contributed by atoms with Gasteiger partial charge in [0.15, 0.2) is 5.78 Å². The number of amides is 2. The molecule has 0 spiro atoms. The lowest BCUT2D eigenvalue weighted by molar-refractivity contribution is -0.116. The summed E-state index contributed by atoms with van der Waals surface area (Å²) in [5.74, 6) is -0.459. The summed E-state index contributed by atoms with van der Waals surface area (Å²) in [5, 5.41) is 2.89. The lowest BCUT2D eigenvalue weighted by Gasteiger charge is -2.18.